The third-order valence-corrected chi connectivity index (χ3v) is 3.87. The van der Waals surface area contributed by atoms with Crippen LogP contribution in [-0.2, 0) is 6.54 Å². The largest absolute Gasteiger partial charge is 0.545 e. The highest BCUT2D eigenvalue weighted by Gasteiger charge is 2.11. The van der Waals surface area contributed by atoms with Gasteiger partial charge < -0.3 is 19.4 Å². The molecule has 0 spiro atoms. The van der Waals surface area contributed by atoms with E-state index >= 15 is 0 Å². The molecule has 7 heteroatoms. The highest BCUT2D eigenvalue weighted by atomic mass is 16.5. The number of methoxy groups -OCH3 is 2. The first-order valence-electron chi connectivity index (χ1n) is 7.45. The quantitative estimate of drug-likeness (QED) is 0.683. The van der Waals surface area contributed by atoms with Crippen molar-refractivity contribution in [1.82, 2.24) is 9.55 Å². The number of aromatic nitrogens is 2. The standard InChI is InChI=1S/C18H16N2O5/c1-24-15-7-13-14(8-16(15)25-2)19-10-20(17(13)21)9-11-3-5-12(6-4-11)18(22)23/h3-8,10H,9H2,1-2H3,(H,22,23)/p-1. The second-order valence-electron chi connectivity index (χ2n) is 5.39. The smallest absolute Gasteiger partial charge is 0.261 e. The minimum absolute atomic E-state index is 0.0876. The van der Waals surface area contributed by atoms with E-state index in [0.717, 1.165) is 5.56 Å². The fourth-order valence-corrected chi connectivity index (χ4v) is 2.54. The third-order valence-electron chi connectivity index (χ3n) is 3.87. The van der Waals surface area contributed by atoms with Gasteiger partial charge >= 0.3 is 0 Å². The van der Waals surface area contributed by atoms with Crippen molar-refractivity contribution >= 4 is 16.9 Å². The fraction of sp³-hybridized carbons (Fsp3) is 0.167. The van der Waals surface area contributed by atoms with E-state index in [4.69, 9.17) is 9.47 Å². The van der Waals surface area contributed by atoms with Crippen molar-refractivity contribution in [2.45, 2.75) is 6.54 Å². The van der Waals surface area contributed by atoms with E-state index in [2.05, 4.69) is 4.98 Å². The molecule has 0 radical (unpaired) electrons. The van der Waals surface area contributed by atoms with E-state index in [1.54, 1.807) is 24.3 Å². The average molecular weight is 339 g/mol. The molecule has 0 aliphatic rings. The molecule has 1 aromatic heterocycles. The first kappa shape index (κ1) is 16.5. The highest BCUT2D eigenvalue weighted by Crippen LogP contribution is 2.29. The maximum Gasteiger partial charge on any atom is 0.261 e. The third kappa shape index (κ3) is 3.16. The normalized spacial score (nSPS) is 10.6. The number of fused-ring (bicyclic) bond motifs is 1. The Balaban J connectivity index is 2.01. The van der Waals surface area contributed by atoms with Crippen LogP contribution >= 0.6 is 0 Å². The van der Waals surface area contributed by atoms with Crippen molar-refractivity contribution < 1.29 is 19.4 Å². The zero-order valence-electron chi connectivity index (χ0n) is 13.7. The molecule has 0 bridgehead atoms. The minimum atomic E-state index is -1.24. The maximum absolute atomic E-state index is 12.7. The molecule has 0 fully saturated rings. The SMILES string of the molecule is COc1cc2ncn(Cc3ccc(C(=O)[O-])cc3)c(=O)c2cc1OC. The first-order chi connectivity index (χ1) is 12.0. The van der Waals surface area contributed by atoms with E-state index < -0.39 is 5.97 Å². The van der Waals surface area contributed by atoms with Crippen LogP contribution in [0.2, 0.25) is 0 Å². The number of carboxylic acid groups (broad SMARTS) is 1. The molecule has 7 nitrogen and oxygen atoms in total. The van der Waals surface area contributed by atoms with Crippen molar-refractivity contribution in [3.05, 3.63) is 64.2 Å². The van der Waals surface area contributed by atoms with Gasteiger partial charge in [-0.25, -0.2) is 4.98 Å². The summed E-state index contributed by atoms with van der Waals surface area (Å²) < 4.78 is 11.9. The predicted octanol–water partition coefficient (Wildman–Crippen LogP) is 0.825. The van der Waals surface area contributed by atoms with E-state index in [0.29, 0.717) is 22.4 Å². The summed E-state index contributed by atoms with van der Waals surface area (Å²) in [6.07, 6.45) is 1.45. The van der Waals surface area contributed by atoms with Gasteiger partial charge in [-0.05, 0) is 17.2 Å². The van der Waals surface area contributed by atoms with Gasteiger partial charge in [-0.2, -0.15) is 0 Å². The Bertz CT molecular complexity index is 993. The first-order valence-corrected chi connectivity index (χ1v) is 7.45. The summed E-state index contributed by atoms with van der Waals surface area (Å²) in [4.78, 5) is 27.8. The highest BCUT2D eigenvalue weighted by molar-refractivity contribution is 5.85. The molecule has 0 amide bonds. The number of carboxylic acids is 1. The number of carbonyl (C=O) groups is 1. The van der Waals surface area contributed by atoms with Crippen molar-refractivity contribution in [3.8, 4) is 11.5 Å². The lowest BCUT2D eigenvalue weighted by Crippen LogP contribution is -2.23. The monoisotopic (exact) mass is 339 g/mol. The van der Waals surface area contributed by atoms with Crippen LogP contribution in [-0.4, -0.2) is 29.7 Å². The minimum Gasteiger partial charge on any atom is -0.545 e. The summed E-state index contributed by atoms with van der Waals surface area (Å²) in [5.41, 5.74) is 1.14. The number of hydrogen-bond donors (Lipinski definition) is 0. The molecule has 2 aromatic carbocycles. The summed E-state index contributed by atoms with van der Waals surface area (Å²) >= 11 is 0. The summed E-state index contributed by atoms with van der Waals surface area (Å²) in [6.45, 7) is 0.267. The summed E-state index contributed by atoms with van der Waals surface area (Å²) in [7, 11) is 3.01. The predicted molar refractivity (Wildman–Crippen MR) is 89.0 cm³/mol. The van der Waals surface area contributed by atoms with Crippen LogP contribution in [0.3, 0.4) is 0 Å². The second kappa shape index (κ2) is 6.64. The summed E-state index contributed by atoms with van der Waals surface area (Å²) in [6, 6.07) is 9.40. The molecular weight excluding hydrogens is 324 g/mol. The zero-order valence-corrected chi connectivity index (χ0v) is 13.7. The molecule has 1 heterocycles. The Morgan fingerprint density at radius 2 is 1.76 bits per heavy atom. The van der Waals surface area contributed by atoms with Gasteiger partial charge in [-0.15, -0.1) is 0 Å². The molecular formula is C18H15N2O5-. The van der Waals surface area contributed by atoms with Crippen LogP contribution < -0.4 is 20.1 Å². The van der Waals surface area contributed by atoms with Crippen molar-refractivity contribution in [2.24, 2.45) is 0 Å². The number of hydrogen-bond acceptors (Lipinski definition) is 6. The number of rotatable bonds is 5. The van der Waals surface area contributed by atoms with Crippen LogP contribution in [0, 0.1) is 0 Å². The molecule has 3 aromatic rings. The Hall–Kier alpha value is -3.35. The average Bonchev–Trinajstić information content (AvgIpc) is 2.63. The van der Waals surface area contributed by atoms with Crippen LogP contribution in [0.1, 0.15) is 15.9 Å². The number of aromatic carboxylic acids is 1. The number of carbonyl (C=O) groups excluding carboxylic acids is 1. The summed E-state index contributed by atoms with van der Waals surface area (Å²) in [5.74, 6) is -0.292. The van der Waals surface area contributed by atoms with E-state index in [9.17, 15) is 14.7 Å². The Morgan fingerprint density at radius 1 is 1.12 bits per heavy atom. The lowest BCUT2D eigenvalue weighted by molar-refractivity contribution is -0.255. The van der Waals surface area contributed by atoms with E-state index in [1.165, 1.54) is 37.2 Å². The number of benzene rings is 2. The van der Waals surface area contributed by atoms with Gasteiger partial charge in [0.2, 0.25) is 0 Å². The molecule has 0 saturated carbocycles. The fourth-order valence-electron chi connectivity index (χ4n) is 2.54. The summed E-state index contributed by atoms with van der Waals surface area (Å²) in [5, 5.41) is 11.2. The van der Waals surface area contributed by atoms with E-state index in [1.807, 2.05) is 0 Å². The number of nitrogens with zero attached hydrogens (tertiary/aromatic N) is 2. The lowest BCUT2D eigenvalue weighted by Gasteiger charge is -2.11. The van der Waals surface area contributed by atoms with Gasteiger partial charge in [-0.3, -0.25) is 9.36 Å². The molecule has 25 heavy (non-hydrogen) atoms. The molecule has 0 aliphatic carbocycles. The van der Waals surface area contributed by atoms with Crippen LogP contribution in [0.25, 0.3) is 10.9 Å². The van der Waals surface area contributed by atoms with E-state index in [-0.39, 0.29) is 17.7 Å². The molecule has 0 atom stereocenters. The van der Waals surface area contributed by atoms with Crippen LogP contribution in [0.5, 0.6) is 11.5 Å². The maximum atomic E-state index is 12.7. The van der Waals surface area contributed by atoms with Gasteiger partial charge in [0.05, 0.1) is 44.0 Å². The van der Waals surface area contributed by atoms with Gasteiger partial charge in [-0.1, -0.05) is 24.3 Å². The van der Waals surface area contributed by atoms with Gasteiger partial charge in [0.1, 0.15) is 0 Å². The molecule has 128 valence electrons. The second-order valence-corrected chi connectivity index (χ2v) is 5.39. The van der Waals surface area contributed by atoms with Gasteiger partial charge in [0.15, 0.2) is 11.5 Å². The molecule has 0 aliphatic heterocycles. The van der Waals surface area contributed by atoms with Crippen molar-refractivity contribution in [1.29, 1.82) is 0 Å². The lowest BCUT2D eigenvalue weighted by atomic mass is 10.1. The van der Waals surface area contributed by atoms with Crippen molar-refractivity contribution in [2.75, 3.05) is 14.2 Å². The Kier molecular flexibility index (Phi) is 4.38. The molecule has 3 rings (SSSR count). The Labute approximate surface area is 143 Å². The molecule has 0 saturated heterocycles. The van der Waals surface area contributed by atoms with Crippen LogP contribution in [0.4, 0.5) is 0 Å². The molecule has 0 unspecified atom stereocenters. The van der Waals surface area contributed by atoms with Crippen molar-refractivity contribution in [3.63, 3.8) is 0 Å². The number of ether oxygens (including phenoxy) is 2. The van der Waals surface area contributed by atoms with Gasteiger partial charge in [0, 0.05) is 6.07 Å². The van der Waals surface area contributed by atoms with Crippen LogP contribution in [0.15, 0.2) is 47.5 Å². The molecule has 0 N–H and O–H groups in total. The topological polar surface area (TPSA) is 93.5 Å². The van der Waals surface area contributed by atoms with Gasteiger partial charge in [0.25, 0.3) is 5.56 Å². The Morgan fingerprint density at radius 3 is 2.36 bits per heavy atom. The zero-order chi connectivity index (χ0) is 18.0.